The molecule has 2 nitrogen and oxygen atoms in total. The van der Waals surface area contributed by atoms with Gasteiger partial charge in [-0.3, -0.25) is 0 Å². The van der Waals surface area contributed by atoms with Crippen LogP contribution in [-0.2, 0) is 5.41 Å². The lowest BCUT2D eigenvalue weighted by atomic mass is 9.77. The molecule has 0 aromatic carbocycles. The molecule has 20 heavy (non-hydrogen) atoms. The molecule has 1 aromatic rings. The van der Waals surface area contributed by atoms with Crippen molar-refractivity contribution in [3.05, 3.63) is 24.3 Å². The van der Waals surface area contributed by atoms with Crippen molar-refractivity contribution in [2.75, 3.05) is 0 Å². The Morgan fingerprint density at radius 2 is 1.75 bits per heavy atom. The summed E-state index contributed by atoms with van der Waals surface area (Å²) in [6.07, 6.45) is 15.6. The number of unbranched alkanes of at least 4 members (excludes halogenated alkanes) is 5. The van der Waals surface area contributed by atoms with E-state index >= 15 is 0 Å². The maximum Gasteiger partial charge on any atom is 0.129 e. The summed E-state index contributed by atoms with van der Waals surface area (Å²) in [6, 6.07) is 0. The second-order valence-electron chi connectivity index (χ2n) is 6.20. The van der Waals surface area contributed by atoms with Gasteiger partial charge in [-0.2, -0.15) is 0 Å². The van der Waals surface area contributed by atoms with Crippen molar-refractivity contribution in [2.45, 2.75) is 84.0 Å². The van der Waals surface area contributed by atoms with Gasteiger partial charge in [0.15, 0.2) is 0 Å². The zero-order chi connectivity index (χ0) is 14.8. The molecular weight excluding hydrogens is 244 g/mol. The zero-order valence-corrected chi connectivity index (χ0v) is 13.7. The van der Waals surface area contributed by atoms with Crippen molar-refractivity contribution >= 4 is 6.08 Å². The summed E-state index contributed by atoms with van der Waals surface area (Å²) in [7, 11) is 0. The number of rotatable bonds is 11. The third kappa shape index (κ3) is 5.15. The van der Waals surface area contributed by atoms with Gasteiger partial charge in [0.25, 0.3) is 0 Å². The molecule has 0 saturated carbocycles. The van der Waals surface area contributed by atoms with Gasteiger partial charge >= 0.3 is 0 Å². The van der Waals surface area contributed by atoms with Crippen LogP contribution >= 0.6 is 0 Å². The lowest BCUT2D eigenvalue weighted by molar-refractivity contribution is 0.360. The lowest BCUT2D eigenvalue weighted by Crippen LogP contribution is -2.22. The van der Waals surface area contributed by atoms with Crippen LogP contribution in [0, 0.1) is 0 Å². The van der Waals surface area contributed by atoms with Crippen LogP contribution in [0.1, 0.15) is 90.1 Å². The Morgan fingerprint density at radius 1 is 1.10 bits per heavy atom. The summed E-state index contributed by atoms with van der Waals surface area (Å²) >= 11 is 0. The van der Waals surface area contributed by atoms with E-state index < -0.39 is 0 Å². The molecule has 114 valence electrons. The Labute approximate surface area is 125 Å². The second-order valence-corrected chi connectivity index (χ2v) is 6.20. The van der Waals surface area contributed by atoms with Crippen LogP contribution in [0.3, 0.4) is 0 Å². The van der Waals surface area contributed by atoms with Crippen LogP contribution in [0.15, 0.2) is 12.8 Å². The average molecular weight is 276 g/mol. The van der Waals surface area contributed by atoms with Gasteiger partial charge in [-0.15, -0.1) is 0 Å². The van der Waals surface area contributed by atoms with E-state index in [1.165, 1.54) is 63.5 Å². The first-order valence-corrected chi connectivity index (χ1v) is 8.34. The fourth-order valence-electron chi connectivity index (χ4n) is 2.82. The maximum atomic E-state index is 4.70. The van der Waals surface area contributed by atoms with E-state index in [1.807, 2.05) is 0 Å². The minimum atomic E-state index is 0.222. The topological polar surface area (TPSA) is 28.7 Å². The first-order valence-electron chi connectivity index (χ1n) is 8.34. The fourth-order valence-corrected chi connectivity index (χ4v) is 2.82. The van der Waals surface area contributed by atoms with E-state index in [1.54, 1.807) is 6.08 Å². The number of H-pyrrole nitrogens is 1. The maximum absolute atomic E-state index is 4.70. The Morgan fingerprint density at radius 3 is 2.35 bits per heavy atom. The minimum absolute atomic E-state index is 0.222. The second kappa shape index (κ2) is 8.99. The summed E-state index contributed by atoms with van der Waals surface area (Å²) < 4.78 is 0. The number of aromatic nitrogens is 2. The Kier molecular flexibility index (Phi) is 7.64. The third-order valence-electron chi connectivity index (χ3n) is 4.32. The predicted molar refractivity (Wildman–Crippen MR) is 88.9 cm³/mol. The van der Waals surface area contributed by atoms with Crippen LogP contribution in [0.25, 0.3) is 6.08 Å². The predicted octanol–water partition coefficient (Wildman–Crippen LogP) is 5.86. The normalized spacial score (nSPS) is 14.2. The highest BCUT2D eigenvalue weighted by atomic mass is 14.9. The molecular formula is C18H32N2. The Bertz CT molecular complexity index is 381. The molecule has 1 atom stereocenters. The van der Waals surface area contributed by atoms with E-state index in [0.29, 0.717) is 0 Å². The monoisotopic (exact) mass is 276 g/mol. The number of imidazole rings is 1. The first-order chi connectivity index (χ1) is 9.66. The zero-order valence-electron chi connectivity index (χ0n) is 13.7. The van der Waals surface area contributed by atoms with E-state index in [2.05, 4.69) is 38.5 Å². The number of aromatic amines is 1. The standard InChI is InChI=1S/C18H32N2/c1-5-8-10-11-12-14-18(4,13-9-6-2)16-15-19-17(7-3)20-16/h7,15H,3,5-6,8-14H2,1-2,4H3,(H,19,20). The highest BCUT2D eigenvalue weighted by molar-refractivity contribution is 5.37. The Balaban J connectivity index is 2.62. The van der Waals surface area contributed by atoms with Crippen molar-refractivity contribution in [1.29, 1.82) is 0 Å². The Hall–Kier alpha value is -1.05. The molecule has 0 amide bonds. The fraction of sp³-hybridized carbons (Fsp3) is 0.722. The van der Waals surface area contributed by atoms with E-state index in [-0.39, 0.29) is 5.41 Å². The smallest absolute Gasteiger partial charge is 0.129 e. The molecule has 0 saturated heterocycles. The highest BCUT2D eigenvalue weighted by Gasteiger charge is 2.27. The number of nitrogens with zero attached hydrogens (tertiary/aromatic N) is 1. The largest absolute Gasteiger partial charge is 0.345 e. The van der Waals surface area contributed by atoms with Crippen molar-refractivity contribution in [1.82, 2.24) is 9.97 Å². The van der Waals surface area contributed by atoms with Gasteiger partial charge in [-0.1, -0.05) is 72.3 Å². The van der Waals surface area contributed by atoms with Gasteiger partial charge in [0.05, 0.1) is 5.69 Å². The molecule has 0 bridgehead atoms. The molecule has 0 aliphatic heterocycles. The van der Waals surface area contributed by atoms with Crippen molar-refractivity contribution in [3.63, 3.8) is 0 Å². The van der Waals surface area contributed by atoms with Crippen molar-refractivity contribution < 1.29 is 0 Å². The number of nitrogens with one attached hydrogen (secondary N) is 1. The number of hydrogen-bond donors (Lipinski definition) is 1. The molecule has 1 unspecified atom stereocenters. The van der Waals surface area contributed by atoms with E-state index in [4.69, 9.17) is 4.98 Å². The quantitative estimate of drug-likeness (QED) is 0.504. The molecule has 0 fully saturated rings. The molecule has 1 N–H and O–H groups in total. The van der Waals surface area contributed by atoms with Gasteiger partial charge in [-0.25, -0.2) is 4.98 Å². The molecule has 1 aromatic heterocycles. The van der Waals surface area contributed by atoms with Gasteiger partial charge in [0.1, 0.15) is 5.82 Å². The first kappa shape index (κ1) is 17.0. The van der Waals surface area contributed by atoms with Crippen LogP contribution in [-0.4, -0.2) is 9.97 Å². The molecule has 0 aliphatic carbocycles. The van der Waals surface area contributed by atoms with Crippen molar-refractivity contribution in [2.24, 2.45) is 0 Å². The molecule has 0 spiro atoms. The third-order valence-corrected chi connectivity index (χ3v) is 4.32. The van der Waals surface area contributed by atoms with Crippen LogP contribution in [0.4, 0.5) is 0 Å². The van der Waals surface area contributed by atoms with Gasteiger partial charge < -0.3 is 4.98 Å². The molecule has 0 radical (unpaired) electrons. The summed E-state index contributed by atoms with van der Waals surface area (Å²) in [5.74, 6) is 0.897. The minimum Gasteiger partial charge on any atom is -0.345 e. The van der Waals surface area contributed by atoms with Crippen LogP contribution < -0.4 is 0 Å². The summed E-state index contributed by atoms with van der Waals surface area (Å²) in [5, 5.41) is 0. The van der Waals surface area contributed by atoms with E-state index in [0.717, 1.165) is 5.82 Å². The average Bonchev–Trinajstić information content (AvgIpc) is 2.94. The summed E-state index contributed by atoms with van der Waals surface area (Å²) in [5.41, 5.74) is 1.44. The molecule has 0 aliphatic rings. The van der Waals surface area contributed by atoms with Crippen LogP contribution in [0.2, 0.25) is 0 Å². The molecule has 1 heterocycles. The van der Waals surface area contributed by atoms with Crippen LogP contribution in [0.5, 0.6) is 0 Å². The lowest BCUT2D eigenvalue weighted by Gasteiger charge is -2.28. The van der Waals surface area contributed by atoms with E-state index in [9.17, 15) is 0 Å². The summed E-state index contributed by atoms with van der Waals surface area (Å²) in [4.78, 5) is 7.91. The van der Waals surface area contributed by atoms with Gasteiger partial charge in [0, 0.05) is 11.6 Å². The number of hydrogen-bond acceptors (Lipinski definition) is 1. The van der Waals surface area contributed by atoms with Crippen molar-refractivity contribution in [3.8, 4) is 0 Å². The van der Waals surface area contributed by atoms with Gasteiger partial charge in [-0.05, 0) is 18.9 Å². The molecule has 2 heteroatoms. The highest BCUT2D eigenvalue weighted by Crippen LogP contribution is 2.34. The van der Waals surface area contributed by atoms with Gasteiger partial charge in [0.2, 0.25) is 0 Å². The SMILES string of the molecule is C=Cc1nc(C(C)(CCCC)CCCCCCC)c[nH]1. The molecule has 1 rings (SSSR count). The summed E-state index contributed by atoms with van der Waals surface area (Å²) in [6.45, 7) is 10.7.